The number of nitriles is 1. The van der Waals surface area contributed by atoms with Crippen molar-refractivity contribution in [2.45, 2.75) is 5.92 Å². The van der Waals surface area contributed by atoms with E-state index in [0.717, 1.165) is 22.3 Å². The van der Waals surface area contributed by atoms with Gasteiger partial charge in [-0.1, -0.05) is 24.3 Å². The van der Waals surface area contributed by atoms with Gasteiger partial charge in [0.15, 0.2) is 0 Å². The minimum absolute atomic E-state index is 0.116. The van der Waals surface area contributed by atoms with Crippen molar-refractivity contribution in [3.63, 3.8) is 0 Å². The summed E-state index contributed by atoms with van der Waals surface area (Å²) in [6, 6.07) is 14.4. The summed E-state index contributed by atoms with van der Waals surface area (Å²) < 4.78 is 32.5. The molecule has 2 aromatic carbocycles. The van der Waals surface area contributed by atoms with Gasteiger partial charge in [-0.3, -0.25) is 10.3 Å². The smallest absolute Gasteiger partial charge is 0.205 e. The molecule has 146 valence electrons. The molecule has 0 amide bonds. The third-order valence-corrected chi connectivity index (χ3v) is 5.25. The number of rotatable bonds is 2. The Morgan fingerprint density at radius 2 is 1.69 bits per heavy atom. The fourth-order valence-electron chi connectivity index (χ4n) is 3.95. The van der Waals surface area contributed by atoms with Crippen molar-refractivity contribution in [1.29, 1.82) is 10.7 Å². The van der Waals surface area contributed by atoms with E-state index in [1.165, 1.54) is 24.3 Å². The fourth-order valence-corrected chi connectivity index (χ4v) is 3.95. The van der Waals surface area contributed by atoms with Gasteiger partial charge in [0, 0.05) is 24.6 Å². The van der Waals surface area contributed by atoms with Crippen LogP contribution in [0, 0.1) is 34.3 Å². The maximum absolute atomic E-state index is 13.4. The highest BCUT2D eigenvalue weighted by Crippen LogP contribution is 2.43. The van der Waals surface area contributed by atoms with E-state index in [1.54, 1.807) is 24.3 Å². The molecule has 0 radical (unpaired) electrons. The van der Waals surface area contributed by atoms with Gasteiger partial charge in [-0.25, -0.2) is 8.78 Å². The molecule has 2 aromatic rings. The summed E-state index contributed by atoms with van der Waals surface area (Å²) in [6.07, 6.45) is 1.91. The van der Waals surface area contributed by atoms with Crippen molar-refractivity contribution in [3.8, 4) is 6.07 Å². The van der Waals surface area contributed by atoms with E-state index in [-0.39, 0.29) is 17.5 Å². The van der Waals surface area contributed by atoms with Crippen LogP contribution in [0.15, 0.2) is 65.4 Å². The fraction of sp³-hybridized carbons (Fsp3) is 0.217. The summed E-state index contributed by atoms with van der Waals surface area (Å²) in [6.45, 7) is 1.17. The average molecular weight is 391 g/mol. The molecule has 4 rings (SSSR count). The molecule has 0 aromatic heterocycles. The van der Waals surface area contributed by atoms with Gasteiger partial charge in [0.05, 0.1) is 6.07 Å². The van der Waals surface area contributed by atoms with Gasteiger partial charge in [-0.2, -0.15) is 5.26 Å². The summed E-state index contributed by atoms with van der Waals surface area (Å²) in [4.78, 5) is 2.09. The Kier molecular flexibility index (Phi) is 4.99. The highest BCUT2D eigenvalue weighted by molar-refractivity contribution is 5.84. The van der Waals surface area contributed by atoms with Crippen LogP contribution in [0.4, 0.5) is 8.78 Å². The average Bonchev–Trinajstić information content (AvgIpc) is 2.70. The second-order valence-corrected chi connectivity index (χ2v) is 7.35. The topological polar surface area (TPSA) is 60.1 Å². The van der Waals surface area contributed by atoms with Crippen LogP contribution in [0.2, 0.25) is 0 Å². The first-order valence-electron chi connectivity index (χ1n) is 9.25. The molecule has 0 saturated heterocycles. The Morgan fingerprint density at radius 3 is 2.31 bits per heavy atom. The van der Waals surface area contributed by atoms with E-state index in [1.807, 2.05) is 13.1 Å². The second-order valence-electron chi connectivity index (χ2n) is 7.35. The zero-order valence-corrected chi connectivity index (χ0v) is 15.8. The standard InChI is InChI=1S/C23H19F2N3O/c1-28-12-16(10-14-2-6-17(24)7-3-14)22-20(13-28)21(19(11-26)23(27)29-22)15-4-8-18(25)9-5-15/h2-10,19,21,27H,12-13H2,1H3/b16-10+,27-23?. The monoisotopic (exact) mass is 391 g/mol. The maximum atomic E-state index is 13.4. The van der Waals surface area contributed by atoms with E-state index >= 15 is 0 Å². The Bertz CT molecular complexity index is 1050. The van der Waals surface area contributed by atoms with Crippen LogP contribution < -0.4 is 0 Å². The van der Waals surface area contributed by atoms with Crippen LogP contribution in [0.25, 0.3) is 6.08 Å². The molecular weight excluding hydrogens is 372 g/mol. The number of benzene rings is 2. The highest BCUT2D eigenvalue weighted by Gasteiger charge is 2.41. The third-order valence-electron chi connectivity index (χ3n) is 5.25. The number of halogens is 2. The van der Waals surface area contributed by atoms with E-state index < -0.39 is 11.8 Å². The Morgan fingerprint density at radius 1 is 1.07 bits per heavy atom. The summed E-state index contributed by atoms with van der Waals surface area (Å²) in [5.41, 5.74) is 3.34. The number of likely N-dealkylation sites (N-methyl/N-ethyl adjacent to an activating group) is 1. The quantitative estimate of drug-likeness (QED) is 0.821. The molecular formula is C23H19F2N3O. The maximum Gasteiger partial charge on any atom is 0.205 e. The Labute approximate surface area is 167 Å². The predicted molar refractivity (Wildman–Crippen MR) is 106 cm³/mol. The van der Waals surface area contributed by atoms with Gasteiger partial charge < -0.3 is 4.74 Å². The highest BCUT2D eigenvalue weighted by atomic mass is 19.1. The van der Waals surface area contributed by atoms with Crippen LogP contribution in [0.1, 0.15) is 17.0 Å². The number of hydrogen-bond acceptors (Lipinski definition) is 4. The minimum atomic E-state index is -0.780. The van der Waals surface area contributed by atoms with Gasteiger partial charge >= 0.3 is 0 Å². The summed E-state index contributed by atoms with van der Waals surface area (Å²) >= 11 is 0. The molecule has 2 unspecified atom stereocenters. The summed E-state index contributed by atoms with van der Waals surface area (Å²) in [7, 11) is 1.96. The molecule has 0 aliphatic carbocycles. The molecule has 2 heterocycles. The van der Waals surface area contributed by atoms with E-state index in [4.69, 9.17) is 10.1 Å². The van der Waals surface area contributed by atoms with Crippen molar-refractivity contribution in [2.24, 2.45) is 5.92 Å². The molecule has 0 bridgehead atoms. The molecule has 29 heavy (non-hydrogen) atoms. The minimum Gasteiger partial charge on any atom is -0.442 e. The van der Waals surface area contributed by atoms with Crippen LogP contribution in [0.3, 0.4) is 0 Å². The molecule has 0 spiro atoms. The van der Waals surface area contributed by atoms with Gasteiger partial charge in [0.25, 0.3) is 0 Å². The lowest BCUT2D eigenvalue weighted by molar-refractivity contribution is 0.285. The molecule has 1 N–H and O–H groups in total. The van der Waals surface area contributed by atoms with E-state index in [0.29, 0.717) is 18.8 Å². The molecule has 0 saturated carbocycles. The van der Waals surface area contributed by atoms with E-state index in [9.17, 15) is 14.0 Å². The van der Waals surface area contributed by atoms with Crippen molar-refractivity contribution in [2.75, 3.05) is 20.1 Å². The van der Waals surface area contributed by atoms with Crippen molar-refractivity contribution in [1.82, 2.24) is 4.90 Å². The largest absolute Gasteiger partial charge is 0.442 e. The zero-order chi connectivity index (χ0) is 20.5. The van der Waals surface area contributed by atoms with Crippen molar-refractivity contribution >= 4 is 12.0 Å². The number of ether oxygens (including phenoxy) is 1. The van der Waals surface area contributed by atoms with Gasteiger partial charge in [-0.05, 0) is 54.1 Å². The number of nitrogens with zero attached hydrogens (tertiary/aromatic N) is 2. The molecule has 2 aliphatic rings. The molecule has 4 nitrogen and oxygen atoms in total. The number of nitrogens with one attached hydrogen (secondary N) is 1. The first-order valence-corrected chi connectivity index (χ1v) is 9.25. The normalized spacial score (nSPS) is 23.5. The second kappa shape index (κ2) is 7.61. The molecule has 0 fully saturated rings. The van der Waals surface area contributed by atoms with Crippen molar-refractivity contribution < 1.29 is 13.5 Å². The van der Waals surface area contributed by atoms with Crippen LogP contribution in [-0.4, -0.2) is 30.9 Å². The van der Waals surface area contributed by atoms with Crippen LogP contribution in [-0.2, 0) is 4.74 Å². The lowest BCUT2D eigenvalue weighted by Gasteiger charge is -2.39. The van der Waals surface area contributed by atoms with Crippen LogP contribution >= 0.6 is 0 Å². The Balaban J connectivity index is 1.85. The molecule has 2 aliphatic heterocycles. The SMILES string of the molecule is CN1CC2=C(OC(=N)C(C#N)C2c2ccc(F)cc2)/C(=C/c2ccc(F)cc2)C1. The molecule has 6 heteroatoms. The molecule has 2 atom stereocenters. The number of hydrogen-bond donors (Lipinski definition) is 1. The van der Waals surface area contributed by atoms with E-state index in [2.05, 4.69) is 11.0 Å². The summed E-state index contributed by atoms with van der Waals surface area (Å²) in [5.74, 6) is -1.37. The predicted octanol–water partition coefficient (Wildman–Crippen LogP) is 4.48. The van der Waals surface area contributed by atoms with Crippen molar-refractivity contribution in [3.05, 3.63) is 88.2 Å². The summed E-state index contributed by atoms with van der Waals surface area (Å²) in [5, 5.41) is 18.0. The third kappa shape index (κ3) is 3.69. The lowest BCUT2D eigenvalue weighted by atomic mass is 9.76. The van der Waals surface area contributed by atoms with Gasteiger partial charge in [0.1, 0.15) is 23.3 Å². The zero-order valence-electron chi connectivity index (χ0n) is 15.8. The first kappa shape index (κ1) is 19.0. The van der Waals surface area contributed by atoms with Crippen LogP contribution in [0.5, 0.6) is 0 Å². The lowest BCUT2D eigenvalue weighted by Crippen LogP contribution is -2.40. The van der Waals surface area contributed by atoms with Gasteiger partial charge in [-0.15, -0.1) is 0 Å². The Hall–Kier alpha value is -3.30. The first-order chi connectivity index (χ1) is 14.0. The van der Waals surface area contributed by atoms with Gasteiger partial charge in [0.2, 0.25) is 5.90 Å².